The number of furan rings is 1. The van der Waals surface area contributed by atoms with Gasteiger partial charge in [0.05, 0.1) is 6.54 Å². The van der Waals surface area contributed by atoms with Crippen molar-refractivity contribution in [2.75, 3.05) is 6.54 Å². The van der Waals surface area contributed by atoms with E-state index in [9.17, 15) is 9.90 Å². The van der Waals surface area contributed by atoms with Crippen molar-refractivity contribution in [1.29, 1.82) is 0 Å². The Bertz CT molecular complexity index is 544. The summed E-state index contributed by atoms with van der Waals surface area (Å²) < 4.78 is 10.0. The van der Waals surface area contributed by atoms with E-state index >= 15 is 0 Å². The molecule has 2 rings (SSSR count). The molecule has 6 nitrogen and oxygen atoms in total. The van der Waals surface area contributed by atoms with Gasteiger partial charge in [-0.05, 0) is 26.0 Å². The largest absolute Gasteiger partial charge is 0.464 e. The van der Waals surface area contributed by atoms with Crippen molar-refractivity contribution in [1.82, 2.24) is 10.5 Å². The second-order valence-corrected chi connectivity index (χ2v) is 4.00. The van der Waals surface area contributed by atoms with Crippen LogP contribution in [0.25, 0.3) is 0 Å². The van der Waals surface area contributed by atoms with Crippen LogP contribution in [-0.4, -0.2) is 22.7 Å². The zero-order valence-electron chi connectivity index (χ0n) is 10.1. The van der Waals surface area contributed by atoms with Gasteiger partial charge in [0.15, 0.2) is 5.69 Å². The summed E-state index contributed by atoms with van der Waals surface area (Å²) in [6, 6.07) is 4.95. The number of hydrogen-bond donors (Lipinski definition) is 2. The van der Waals surface area contributed by atoms with E-state index in [0.717, 1.165) is 0 Å². The minimum absolute atomic E-state index is 0.0533. The Labute approximate surface area is 104 Å². The van der Waals surface area contributed by atoms with E-state index in [1.54, 1.807) is 26.0 Å². The lowest BCUT2D eigenvalue weighted by atomic mass is 10.2. The normalized spacial score (nSPS) is 12.4. The number of rotatable bonds is 4. The van der Waals surface area contributed by atoms with Crippen molar-refractivity contribution in [3.8, 4) is 0 Å². The predicted octanol–water partition coefficient (Wildman–Crippen LogP) is 1.35. The van der Waals surface area contributed by atoms with Crippen LogP contribution in [0.15, 0.2) is 27.1 Å². The number of aliphatic hydroxyl groups excluding tert-OH is 1. The Balaban J connectivity index is 1.90. The molecule has 1 amide bonds. The van der Waals surface area contributed by atoms with E-state index < -0.39 is 12.0 Å². The molecule has 1 unspecified atom stereocenters. The number of nitrogens with zero attached hydrogens (tertiary/aromatic N) is 1. The summed E-state index contributed by atoms with van der Waals surface area (Å²) in [6.45, 7) is 3.54. The SMILES string of the molecule is Cc1cc(C(=O)NCC(O)c2ccc(C)o2)no1. The maximum Gasteiger partial charge on any atom is 0.273 e. The summed E-state index contributed by atoms with van der Waals surface area (Å²) in [6.07, 6.45) is -0.879. The summed E-state index contributed by atoms with van der Waals surface area (Å²) >= 11 is 0. The average Bonchev–Trinajstić information content (AvgIpc) is 2.94. The van der Waals surface area contributed by atoms with Gasteiger partial charge in [-0.2, -0.15) is 0 Å². The molecule has 0 aromatic carbocycles. The van der Waals surface area contributed by atoms with Gasteiger partial charge in [-0.1, -0.05) is 5.16 Å². The molecule has 0 saturated carbocycles. The molecule has 0 bridgehead atoms. The van der Waals surface area contributed by atoms with Gasteiger partial charge >= 0.3 is 0 Å². The fraction of sp³-hybridized carbons (Fsp3) is 0.333. The molecule has 2 aromatic heterocycles. The van der Waals surface area contributed by atoms with Crippen molar-refractivity contribution in [2.24, 2.45) is 0 Å². The van der Waals surface area contributed by atoms with Crippen LogP contribution in [0.1, 0.15) is 33.9 Å². The molecule has 0 aliphatic carbocycles. The van der Waals surface area contributed by atoms with Gasteiger partial charge in [0, 0.05) is 6.07 Å². The first-order valence-corrected chi connectivity index (χ1v) is 5.52. The van der Waals surface area contributed by atoms with E-state index in [2.05, 4.69) is 10.5 Å². The van der Waals surface area contributed by atoms with Crippen LogP contribution in [0.5, 0.6) is 0 Å². The minimum Gasteiger partial charge on any atom is -0.464 e. The average molecular weight is 250 g/mol. The Kier molecular flexibility index (Phi) is 3.47. The van der Waals surface area contributed by atoms with Crippen LogP contribution in [0.3, 0.4) is 0 Å². The molecule has 0 saturated heterocycles. The van der Waals surface area contributed by atoms with Gasteiger partial charge < -0.3 is 19.4 Å². The van der Waals surface area contributed by atoms with E-state index in [0.29, 0.717) is 17.3 Å². The topological polar surface area (TPSA) is 88.5 Å². The number of nitrogens with one attached hydrogen (secondary N) is 1. The first-order chi connectivity index (χ1) is 8.56. The molecule has 0 fully saturated rings. The van der Waals surface area contributed by atoms with Crippen LogP contribution in [0.4, 0.5) is 0 Å². The quantitative estimate of drug-likeness (QED) is 0.855. The standard InChI is InChI=1S/C12H14N2O4/c1-7-3-4-11(17-7)10(15)6-13-12(16)9-5-8(2)18-14-9/h3-5,10,15H,6H2,1-2H3,(H,13,16). The molecule has 6 heteroatoms. The highest BCUT2D eigenvalue weighted by Gasteiger charge is 2.15. The van der Waals surface area contributed by atoms with Crippen molar-refractivity contribution in [3.63, 3.8) is 0 Å². The van der Waals surface area contributed by atoms with Gasteiger partial charge in [0.25, 0.3) is 5.91 Å². The lowest BCUT2D eigenvalue weighted by molar-refractivity contribution is 0.0891. The molecule has 1 atom stereocenters. The Morgan fingerprint density at radius 1 is 1.44 bits per heavy atom. The fourth-order valence-corrected chi connectivity index (χ4v) is 1.49. The number of aliphatic hydroxyl groups is 1. The fourth-order valence-electron chi connectivity index (χ4n) is 1.49. The molecule has 2 N–H and O–H groups in total. The molecular formula is C12H14N2O4. The van der Waals surface area contributed by atoms with Gasteiger partial charge in [-0.15, -0.1) is 0 Å². The van der Waals surface area contributed by atoms with Crippen LogP contribution in [-0.2, 0) is 0 Å². The molecule has 0 aliphatic rings. The summed E-state index contributed by atoms with van der Waals surface area (Å²) in [5.74, 6) is 1.29. The van der Waals surface area contributed by atoms with Crippen LogP contribution < -0.4 is 5.32 Å². The molecule has 18 heavy (non-hydrogen) atoms. The van der Waals surface area contributed by atoms with Gasteiger partial charge in [-0.25, -0.2) is 0 Å². The number of carbonyl (C=O) groups excluding carboxylic acids is 1. The number of aryl methyl sites for hydroxylation is 2. The lowest BCUT2D eigenvalue weighted by Crippen LogP contribution is -2.28. The monoisotopic (exact) mass is 250 g/mol. The van der Waals surface area contributed by atoms with Crippen LogP contribution in [0, 0.1) is 13.8 Å². The van der Waals surface area contributed by atoms with E-state index in [-0.39, 0.29) is 12.2 Å². The highest BCUT2D eigenvalue weighted by atomic mass is 16.5. The molecule has 2 heterocycles. The molecule has 0 spiro atoms. The van der Waals surface area contributed by atoms with Crippen molar-refractivity contribution in [3.05, 3.63) is 41.2 Å². The van der Waals surface area contributed by atoms with Gasteiger partial charge in [0.2, 0.25) is 0 Å². The summed E-state index contributed by atoms with van der Waals surface area (Å²) in [4.78, 5) is 11.6. The third kappa shape index (κ3) is 2.78. The number of hydrogen-bond acceptors (Lipinski definition) is 5. The highest BCUT2D eigenvalue weighted by Crippen LogP contribution is 2.15. The maximum atomic E-state index is 11.6. The Hall–Kier alpha value is -2.08. The smallest absolute Gasteiger partial charge is 0.273 e. The van der Waals surface area contributed by atoms with E-state index in [4.69, 9.17) is 8.94 Å². The Morgan fingerprint density at radius 3 is 2.78 bits per heavy atom. The van der Waals surface area contributed by atoms with Crippen molar-refractivity contribution >= 4 is 5.91 Å². The van der Waals surface area contributed by atoms with E-state index in [1.165, 1.54) is 6.07 Å². The van der Waals surface area contributed by atoms with Gasteiger partial charge in [0.1, 0.15) is 23.4 Å². The zero-order valence-corrected chi connectivity index (χ0v) is 10.1. The molecule has 0 aliphatic heterocycles. The number of carbonyl (C=O) groups is 1. The highest BCUT2D eigenvalue weighted by molar-refractivity contribution is 5.92. The summed E-state index contributed by atoms with van der Waals surface area (Å²) in [5.41, 5.74) is 0.190. The number of amides is 1. The Morgan fingerprint density at radius 2 is 2.22 bits per heavy atom. The molecule has 96 valence electrons. The second kappa shape index (κ2) is 5.05. The van der Waals surface area contributed by atoms with Crippen LogP contribution >= 0.6 is 0 Å². The van der Waals surface area contributed by atoms with Crippen molar-refractivity contribution in [2.45, 2.75) is 20.0 Å². The van der Waals surface area contributed by atoms with Crippen LogP contribution in [0.2, 0.25) is 0 Å². The minimum atomic E-state index is -0.879. The van der Waals surface area contributed by atoms with E-state index in [1.807, 2.05) is 0 Å². The lowest BCUT2D eigenvalue weighted by Gasteiger charge is -2.08. The third-order valence-electron chi connectivity index (χ3n) is 2.41. The van der Waals surface area contributed by atoms with Crippen molar-refractivity contribution < 1.29 is 18.8 Å². The summed E-state index contributed by atoms with van der Waals surface area (Å²) in [7, 11) is 0. The molecular weight excluding hydrogens is 236 g/mol. The molecule has 0 radical (unpaired) electrons. The second-order valence-electron chi connectivity index (χ2n) is 4.00. The molecule has 2 aromatic rings. The summed E-state index contributed by atoms with van der Waals surface area (Å²) in [5, 5.41) is 15.9. The first kappa shape index (κ1) is 12.4. The third-order valence-corrected chi connectivity index (χ3v) is 2.41. The first-order valence-electron chi connectivity index (χ1n) is 5.52. The predicted molar refractivity (Wildman–Crippen MR) is 62.0 cm³/mol. The zero-order chi connectivity index (χ0) is 13.1. The van der Waals surface area contributed by atoms with Gasteiger partial charge in [-0.3, -0.25) is 4.79 Å². The number of aromatic nitrogens is 1. The maximum absolute atomic E-state index is 11.6.